The first-order valence-electron chi connectivity index (χ1n) is 5.23. The first-order chi connectivity index (χ1) is 5.55. The molecular formula is C11H18O. The van der Waals surface area contributed by atoms with Crippen molar-refractivity contribution in [3.63, 3.8) is 0 Å². The Hall–Kier alpha value is -0.0400. The van der Waals surface area contributed by atoms with Gasteiger partial charge in [0.15, 0.2) is 0 Å². The van der Waals surface area contributed by atoms with Crippen LogP contribution in [0.15, 0.2) is 0 Å². The van der Waals surface area contributed by atoms with Crippen LogP contribution in [0.1, 0.15) is 39.5 Å². The fraction of sp³-hybridized carbons (Fsp3) is 1.00. The Morgan fingerprint density at radius 2 is 2.08 bits per heavy atom. The Balaban J connectivity index is 2.00. The summed E-state index contributed by atoms with van der Waals surface area (Å²) in [5, 5.41) is 9.92. The van der Waals surface area contributed by atoms with Gasteiger partial charge in [-0.1, -0.05) is 13.8 Å². The third-order valence-electron chi connectivity index (χ3n) is 5.04. The molecule has 0 saturated heterocycles. The van der Waals surface area contributed by atoms with Gasteiger partial charge in [-0.3, -0.25) is 0 Å². The molecule has 0 aromatic heterocycles. The minimum Gasteiger partial charge on any atom is -0.392 e. The second-order valence-electron chi connectivity index (χ2n) is 5.95. The van der Waals surface area contributed by atoms with Gasteiger partial charge in [0.25, 0.3) is 0 Å². The molecule has 1 heteroatoms. The molecule has 0 unspecified atom stereocenters. The van der Waals surface area contributed by atoms with Crippen LogP contribution in [0, 0.1) is 22.7 Å². The van der Waals surface area contributed by atoms with E-state index in [1.807, 2.05) is 0 Å². The number of rotatable bonds is 0. The van der Waals surface area contributed by atoms with E-state index in [0.717, 1.165) is 5.92 Å². The average Bonchev–Trinajstić information content (AvgIpc) is 2.02. The highest BCUT2D eigenvalue weighted by atomic mass is 16.3. The van der Waals surface area contributed by atoms with Crippen molar-refractivity contribution in [1.82, 2.24) is 0 Å². The van der Waals surface area contributed by atoms with E-state index in [2.05, 4.69) is 13.8 Å². The minimum atomic E-state index is 0.0378. The molecule has 0 aliphatic heterocycles. The molecule has 0 spiro atoms. The van der Waals surface area contributed by atoms with Crippen molar-refractivity contribution in [2.75, 3.05) is 0 Å². The molecule has 5 aliphatic rings. The summed E-state index contributed by atoms with van der Waals surface area (Å²) in [6, 6.07) is 0. The molecule has 5 aliphatic carbocycles. The summed E-state index contributed by atoms with van der Waals surface area (Å²) in [4.78, 5) is 0. The number of fused-ring (bicyclic) bond motifs is 1. The van der Waals surface area contributed by atoms with Gasteiger partial charge in [0.2, 0.25) is 0 Å². The van der Waals surface area contributed by atoms with Gasteiger partial charge < -0.3 is 5.11 Å². The standard InChI is InChI=1S/C11H18O/c1-10-4-3-8-7(5-10)9(12)11(8,2)6-10/h7-9,12H,3-6H2,1-2H3/t7-,8+,9+,10+,11+/m0/s1. The third kappa shape index (κ3) is 0.585. The van der Waals surface area contributed by atoms with Crippen LogP contribution in [0.25, 0.3) is 0 Å². The quantitative estimate of drug-likeness (QED) is 0.585. The molecular weight excluding hydrogens is 148 g/mol. The SMILES string of the molecule is C[C@@]12CC[C@@H]3[C@H](C1)[C@@H](O)[C@]3(C)C2. The minimum absolute atomic E-state index is 0.0378. The summed E-state index contributed by atoms with van der Waals surface area (Å²) >= 11 is 0. The van der Waals surface area contributed by atoms with E-state index in [1.54, 1.807) is 0 Å². The molecule has 0 amide bonds. The number of hydrogen-bond donors (Lipinski definition) is 1. The van der Waals surface area contributed by atoms with E-state index >= 15 is 0 Å². The van der Waals surface area contributed by atoms with Crippen molar-refractivity contribution in [3.05, 3.63) is 0 Å². The molecule has 0 radical (unpaired) electrons. The van der Waals surface area contributed by atoms with Gasteiger partial charge >= 0.3 is 0 Å². The van der Waals surface area contributed by atoms with Crippen molar-refractivity contribution in [3.8, 4) is 0 Å². The Morgan fingerprint density at radius 1 is 1.33 bits per heavy atom. The van der Waals surface area contributed by atoms with E-state index in [1.165, 1.54) is 25.7 Å². The largest absolute Gasteiger partial charge is 0.392 e. The molecule has 5 rings (SSSR count). The van der Waals surface area contributed by atoms with Crippen molar-refractivity contribution >= 4 is 0 Å². The van der Waals surface area contributed by atoms with Crippen molar-refractivity contribution in [2.24, 2.45) is 22.7 Å². The lowest BCUT2D eigenvalue weighted by Crippen LogP contribution is -2.68. The Bertz CT molecular complexity index is 237. The van der Waals surface area contributed by atoms with Crippen LogP contribution in [0.5, 0.6) is 0 Å². The number of hydrogen-bond acceptors (Lipinski definition) is 1. The maximum atomic E-state index is 9.92. The first kappa shape index (κ1) is 7.37. The normalized spacial score (nSPS) is 67.8. The van der Waals surface area contributed by atoms with E-state index < -0.39 is 0 Å². The van der Waals surface area contributed by atoms with Crippen LogP contribution >= 0.6 is 0 Å². The van der Waals surface area contributed by atoms with Gasteiger partial charge in [0, 0.05) is 0 Å². The zero-order valence-corrected chi connectivity index (χ0v) is 8.01. The van der Waals surface area contributed by atoms with Crippen molar-refractivity contribution < 1.29 is 5.11 Å². The van der Waals surface area contributed by atoms with Gasteiger partial charge in [0.1, 0.15) is 0 Å². The maximum absolute atomic E-state index is 9.92. The molecule has 68 valence electrons. The second kappa shape index (κ2) is 1.75. The molecule has 0 aromatic rings. The Morgan fingerprint density at radius 3 is 2.58 bits per heavy atom. The van der Waals surface area contributed by atoms with Crippen LogP contribution in [-0.4, -0.2) is 11.2 Å². The predicted molar refractivity (Wildman–Crippen MR) is 47.7 cm³/mol. The summed E-state index contributed by atoms with van der Waals surface area (Å²) in [6.45, 7) is 4.72. The molecule has 1 N–H and O–H groups in total. The van der Waals surface area contributed by atoms with Crippen LogP contribution in [-0.2, 0) is 0 Å². The summed E-state index contributed by atoms with van der Waals surface area (Å²) < 4.78 is 0. The Kier molecular flexibility index (Phi) is 1.07. The smallest absolute Gasteiger partial charge is 0.0627 e. The molecule has 0 aromatic carbocycles. The lowest BCUT2D eigenvalue weighted by atomic mass is 9.36. The fourth-order valence-corrected chi connectivity index (χ4v) is 4.59. The number of aliphatic hydroxyl groups is 1. The van der Waals surface area contributed by atoms with Gasteiger partial charge in [-0.05, 0) is 48.3 Å². The van der Waals surface area contributed by atoms with E-state index in [0.29, 0.717) is 16.7 Å². The van der Waals surface area contributed by atoms with Crippen molar-refractivity contribution in [2.45, 2.75) is 45.6 Å². The molecule has 5 saturated carbocycles. The van der Waals surface area contributed by atoms with Gasteiger partial charge in [-0.15, -0.1) is 0 Å². The molecule has 5 fully saturated rings. The second-order valence-corrected chi connectivity index (χ2v) is 5.95. The monoisotopic (exact) mass is 166 g/mol. The highest BCUT2D eigenvalue weighted by Gasteiger charge is 2.67. The molecule has 4 bridgehead atoms. The zero-order chi connectivity index (χ0) is 8.56. The van der Waals surface area contributed by atoms with Crippen molar-refractivity contribution in [1.29, 1.82) is 0 Å². The third-order valence-corrected chi connectivity index (χ3v) is 5.04. The van der Waals surface area contributed by atoms with E-state index in [4.69, 9.17) is 0 Å². The lowest BCUT2D eigenvalue weighted by molar-refractivity contribution is -0.265. The number of aliphatic hydroxyl groups excluding tert-OH is 1. The van der Waals surface area contributed by atoms with Crippen LogP contribution in [0.3, 0.4) is 0 Å². The maximum Gasteiger partial charge on any atom is 0.0627 e. The van der Waals surface area contributed by atoms with Gasteiger partial charge in [-0.2, -0.15) is 0 Å². The molecule has 5 atom stereocenters. The predicted octanol–water partition coefficient (Wildman–Crippen LogP) is 2.19. The summed E-state index contributed by atoms with van der Waals surface area (Å²) in [5.74, 6) is 1.54. The highest BCUT2D eigenvalue weighted by molar-refractivity contribution is 5.16. The summed E-state index contributed by atoms with van der Waals surface area (Å²) in [7, 11) is 0. The highest BCUT2D eigenvalue weighted by Crippen LogP contribution is 2.71. The van der Waals surface area contributed by atoms with Gasteiger partial charge in [-0.25, -0.2) is 0 Å². The topological polar surface area (TPSA) is 20.2 Å². The first-order valence-corrected chi connectivity index (χ1v) is 5.23. The molecule has 0 heterocycles. The van der Waals surface area contributed by atoms with Crippen LogP contribution in [0.2, 0.25) is 0 Å². The van der Waals surface area contributed by atoms with E-state index in [9.17, 15) is 5.11 Å². The summed E-state index contributed by atoms with van der Waals surface area (Å²) in [5.41, 5.74) is 0.906. The van der Waals surface area contributed by atoms with Gasteiger partial charge in [0.05, 0.1) is 6.10 Å². The van der Waals surface area contributed by atoms with Crippen LogP contribution < -0.4 is 0 Å². The zero-order valence-electron chi connectivity index (χ0n) is 8.01. The Labute approximate surface area is 74.2 Å². The average molecular weight is 166 g/mol. The lowest BCUT2D eigenvalue weighted by Gasteiger charge is -2.70. The summed E-state index contributed by atoms with van der Waals surface area (Å²) in [6.07, 6.45) is 5.41. The van der Waals surface area contributed by atoms with Crippen LogP contribution in [0.4, 0.5) is 0 Å². The van der Waals surface area contributed by atoms with E-state index in [-0.39, 0.29) is 6.10 Å². The molecule has 12 heavy (non-hydrogen) atoms. The molecule has 1 nitrogen and oxygen atoms in total. The fourth-order valence-electron chi connectivity index (χ4n) is 4.59.